The Balaban J connectivity index is 2.29. The molecule has 1 heterocycles. The van der Waals surface area contributed by atoms with Crippen molar-refractivity contribution < 1.29 is 0 Å². The van der Waals surface area contributed by atoms with Crippen molar-refractivity contribution in [1.29, 1.82) is 0 Å². The molecule has 0 unspecified atom stereocenters. The zero-order valence-electron chi connectivity index (χ0n) is 8.74. The molecule has 0 saturated heterocycles. The van der Waals surface area contributed by atoms with Gasteiger partial charge in [0, 0.05) is 17.9 Å². The lowest BCUT2D eigenvalue weighted by molar-refractivity contribution is 0.711. The number of rotatable bonds is 2. The first-order chi connectivity index (χ1) is 7.16. The van der Waals surface area contributed by atoms with Crippen LogP contribution in [0.4, 0.5) is 0 Å². The van der Waals surface area contributed by atoms with Gasteiger partial charge in [0.05, 0.1) is 0 Å². The average molecular weight is 266 g/mol. The molecule has 3 nitrogen and oxygen atoms in total. The largest absolute Gasteiger partial charge is 0.253 e. The maximum Gasteiger partial charge on any atom is 0.147 e. The second-order valence-electron chi connectivity index (χ2n) is 3.47. The summed E-state index contributed by atoms with van der Waals surface area (Å²) in [4.78, 5) is 4.38. The van der Waals surface area contributed by atoms with Crippen LogP contribution < -0.4 is 0 Å². The van der Waals surface area contributed by atoms with Gasteiger partial charge < -0.3 is 0 Å². The topological polar surface area (TPSA) is 30.7 Å². The number of aromatic nitrogens is 3. The van der Waals surface area contributed by atoms with Gasteiger partial charge in [-0.15, -0.1) is 0 Å². The summed E-state index contributed by atoms with van der Waals surface area (Å²) in [5, 5.41) is 4.23. The van der Waals surface area contributed by atoms with Gasteiger partial charge in [0.25, 0.3) is 0 Å². The van der Waals surface area contributed by atoms with Crippen molar-refractivity contribution in [3.8, 4) is 0 Å². The van der Waals surface area contributed by atoms with E-state index >= 15 is 0 Å². The summed E-state index contributed by atoms with van der Waals surface area (Å²) in [6.45, 7) is 1.91. The maximum absolute atomic E-state index is 4.38. The van der Waals surface area contributed by atoms with Gasteiger partial charge in [-0.25, -0.2) is 4.98 Å². The van der Waals surface area contributed by atoms with Crippen LogP contribution in [0.3, 0.4) is 0 Å². The molecule has 0 spiro atoms. The third-order valence-electron chi connectivity index (χ3n) is 2.27. The molecule has 0 fully saturated rings. The fourth-order valence-corrected chi connectivity index (χ4v) is 1.95. The quantitative estimate of drug-likeness (QED) is 0.836. The Labute approximate surface area is 97.3 Å². The average Bonchev–Trinajstić information content (AvgIpc) is 2.49. The molecule has 0 bridgehead atoms. The van der Waals surface area contributed by atoms with Crippen molar-refractivity contribution in [2.45, 2.75) is 13.3 Å². The predicted molar refractivity (Wildman–Crippen MR) is 62.7 cm³/mol. The second kappa shape index (κ2) is 4.14. The van der Waals surface area contributed by atoms with Gasteiger partial charge in [0.1, 0.15) is 11.6 Å². The van der Waals surface area contributed by atoms with Crippen molar-refractivity contribution in [1.82, 2.24) is 14.8 Å². The molecule has 1 aromatic heterocycles. The van der Waals surface area contributed by atoms with E-state index in [1.807, 2.05) is 36.9 Å². The van der Waals surface area contributed by atoms with E-state index in [1.54, 1.807) is 0 Å². The Morgan fingerprint density at radius 3 is 2.67 bits per heavy atom. The molecule has 0 saturated carbocycles. The van der Waals surface area contributed by atoms with Gasteiger partial charge in [0.2, 0.25) is 0 Å². The van der Waals surface area contributed by atoms with E-state index in [0.717, 1.165) is 22.5 Å². The fourth-order valence-electron chi connectivity index (χ4n) is 1.52. The number of benzene rings is 1. The number of nitrogens with zero attached hydrogens (tertiary/aromatic N) is 3. The molecule has 0 N–H and O–H groups in total. The Bertz CT molecular complexity index is 476. The van der Waals surface area contributed by atoms with Crippen molar-refractivity contribution in [3.63, 3.8) is 0 Å². The Hall–Kier alpha value is -1.16. The predicted octanol–water partition coefficient (Wildman–Crippen LogP) is 2.48. The molecule has 2 aromatic rings. The Morgan fingerprint density at radius 2 is 2.07 bits per heavy atom. The van der Waals surface area contributed by atoms with Gasteiger partial charge >= 0.3 is 0 Å². The molecule has 15 heavy (non-hydrogen) atoms. The van der Waals surface area contributed by atoms with Crippen molar-refractivity contribution in [3.05, 3.63) is 46.0 Å². The minimum atomic E-state index is 0.804. The summed E-state index contributed by atoms with van der Waals surface area (Å²) < 4.78 is 2.94. The first kappa shape index (κ1) is 10.4. The standard InChI is InChI=1S/C11H12BrN3/c1-8-13-11(15(2)14-8)7-9-5-3-4-6-10(9)12/h3-6H,7H2,1-2H3. The normalized spacial score (nSPS) is 10.6. The summed E-state index contributed by atoms with van der Waals surface area (Å²) in [7, 11) is 1.92. The number of hydrogen-bond donors (Lipinski definition) is 0. The van der Waals surface area contributed by atoms with Crippen molar-refractivity contribution >= 4 is 15.9 Å². The highest BCUT2D eigenvalue weighted by Gasteiger charge is 2.06. The van der Waals surface area contributed by atoms with E-state index in [1.165, 1.54) is 5.56 Å². The van der Waals surface area contributed by atoms with Crippen LogP contribution >= 0.6 is 15.9 Å². The van der Waals surface area contributed by atoms with E-state index in [9.17, 15) is 0 Å². The van der Waals surface area contributed by atoms with E-state index in [4.69, 9.17) is 0 Å². The molecule has 0 aliphatic carbocycles. The van der Waals surface area contributed by atoms with Crippen LogP contribution in [-0.2, 0) is 13.5 Å². The van der Waals surface area contributed by atoms with Gasteiger partial charge in [-0.3, -0.25) is 4.68 Å². The Morgan fingerprint density at radius 1 is 1.33 bits per heavy atom. The van der Waals surface area contributed by atoms with Crippen LogP contribution in [0.1, 0.15) is 17.2 Å². The van der Waals surface area contributed by atoms with Gasteiger partial charge in [-0.2, -0.15) is 5.10 Å². The summed E-state index contributed by atoms with van der Waals surface area (Å²) in [6.07, 6.45) is 0.804. The molecule has 0 radical (unpaired) electrons. The van der Waals surface area contributed by atoms with Gasteiger partial charge in [0.15, 0.2) is 0 Å². The monoisotopic (exact) mass is 265 g/mol. The second-order valence-corrected chi connectivity index (χ2v) is 4.32. The molecular formula is C11H12BrN3. The molecule has 4 heteroatoms. The van der Waals surface area contributed by atoms with Crippen LogP contribution in [-0.4, -0.2) is 14.8 Å². The maximum atomic E-state index is 4.38. The van der Waals surface area contributed by atoms with Crippen LogP contribution in [0.25, 0.3) is 0 Å². The number of hydrogen-bond acceptors (Lipinski definition) is 2. The molecular weight excluding hydrogens is 254 g/mol. The zero-order chi connectivity index (χ0) is 10.8. The van der Waals surface area contributed by atoms with Gasteiger partial charge in [-0.1, -0.05) is 34.1 Å². The van der Waals surface area contributed by atoms with E-state index < -0.39 is 0 Å². The fraction of sp³-hybridized carbons (Fsp3) is 0.273. The summed E-state index contributed by atoms with van der Waals surface area (Å²) in [5.41, 5.74) is 1.23. The first-order valence-corrected chi connectivity index (χ1v) is 5.56. The molecule has 0 amide bonds. The highest BCUT2D eigenvalue weighted by molar-refractivity contribution is 9.10. The van der Waals surface area contributed by atoms with Gasteiger partial charge in [-0.05, 0) is 18.6 Å². The third kappa shape index (κ3) is 2.26. The summed E-state index contributed by atoms with van der Waals surface area (Å²) in [6, 6.07) is 8.17. The lowest BCUT2D eigenvalue weighted by atomic mass is 10.1. The van der Waals surface area contributed by atoms with Crippen molar-refractivity contribution in [2.75, 3.05) is 0 Å². The summed E-state index contributed by atoms with van der Waals surface area (Å²) >= 11 is 3.53. The molecule has 1 aromatic carbocycles. The van der Waals surface area contributed by atoms with Crippen LogP contribution in [0, 0.1) is 6.92 Å². The number of halogens is 1. The lowest BCUT2D eigenvalue weighted by Gasteiger charge is -2.02. The highest BCUT2D eigenvalue weighted by atomic mass is 79.9. The molecule has 78 valence electrons. The molecule has 2 rings (SSSR count). The molecule has 0 atom stereocenters. The number of aryl methyl sites for hydroxylation is 2. The van der Waals surface area contributed by atoms with Crippen LogP contribution in [0.5, 0.6) is 0 Å². The van der Waals surface area contributed by atoms with E-state index in [-0.39, 0.29) is 0 Å². The first-order valence-electron chi connectivity index (χ1n) is 4.77. The smallest absolute Gasteiger partial charge is 0.147 e. The minimum absolute atomic E-state index is 0.804. The van der Waals surface area contributed by atoms with Crippen LogP contribution in [0.2, 0.25) is 0 Å². The van der Waals surface area contributed by atoms with E-state index in [0.29, 0.717) is 0 Å². The molecule has 0 aliphatic heterocycles. The lowest BCUT2D eigenvalue weighted by Crippen LogP contribution is -2.00. The van der Waals surface area contributed by atoms with Crippen molar-refractivity contribution in [2.24, 2.45) is 7.05 Å². The Kier molecular flexibility index (Phi) is 2.86. The molecule has 0 aliphatic rings. The minimum Gasteiger partial charge on any atom is -0.253 e. The third-order valence-corrected chi connectivity index (χ3v) is 3.04. The summed E-state index contributed by atoms with van der Waals surface area (Å²) in [5.74, 6) is 1.80. The van der Waals surface area contributed by atoms with Crippen LogP contribution in [0.15, 0.2) is 28.7 Å². The zero-order valence-corrected chi connectivity index (χ0v) is 10.3. The SMILES string of the molecule is Cc1nc(Cc2ccccc2Br)n(C)n1. The highest BCUT2D eigenvalue weighted by Crippen LogP contribution is 2.18. The van der Waals surface area contributed by atoms with E-state index in [2.05, 4.69) is 32.1 Å².